The summed E-state index contributed by atoms with van der Waals surface area (Å²) in [4.78, 5) is 0. The molecular weight excluding hydrogens is 162 g/mol. The molecule has 76 valence electrons. The summed E-state index contributed by atoms with van der Waals surface area (Å²) in [5, 5.41) is 12.9. The minimum absolute atomic E-state index is 0.100. The Balaban J connectivity index is 3.79. The lowest BCUT2D eigenvalue weighted by Crippen LogP contribution is -2.41. The SMILES string of the molecule is C#CC(CCC)NCC(C)(O)CC. The zero-order valence-electron chi connectivity index (χ0n) is 8.93. The van der Waals surface area contributed by atoms with Crippen molar-refractivity contribution in [3.8, 4) is 12.3 Å². The van der Waals surface area contributed by atoms with Crippen molar-refractivity contribution in [1.82, 2.24) is 5.32 Å². The van der Waals surface area contributed by atoms with Crippen molar-refractivity contribution in [2.45, 2.75) is 51.7 Å². The van der Waals surface area contributed by atoms with Crippen LogP contribution in [0.4, 0.5) is 0 Å². The topological polar surface area (TPSA) is 32.3 Å². The minimum atomic E-state index is -0.636. The highest BCUT2D eigenvalue weighted by Crippen LogP contribution is 2.07. The van der Waals surface area contributed by atoms with Gasteiger partial charge >= 0.3 is 0 Å². The van der Waals surface area contributed by atoms with Crippen molar-refractivity contribution in [2.75, 3.05) is 6.54 Å². The van der Waals surface area contributed by atoms with Crippen LogP contribution in [0.15, 0.2) is 0 Å². The predicted octanol–water partition coefficient (Wildman–Crippen LogP) is 1.54. The average molecular weight is 183 g/mol. The Bertz CT molecular complexity index is 169. The molecule has 0 aliphatic heterocycles. The molecule has 2 heteroatoms. The van der Waals surface area contributed by atoms with Crippen molar-refractivity contribution >= 4 is 0 Å². The number of hydrogen-bond donors (Lipinski definition) is 2. The summed E-state index contributed by atoms with van der Waals surface area (Å²) in [6, 6.07) is 0.100. The maximum Gasteiger partial charge on any atom is 0.0741 e. The molecule has 0 radical (unpaired) electrons. The van der Waals surface area contributed by atoms with Gasteiger partial charge in [0.25, 0.3) is 0 Å². The van der Waals surface area contributed by atoms with Crippen LogP contribution in [0.2, 0.25) is 0 Å². The summed E-state index contributed by atoms with van der Waals surface area (Å²) in [6.45, 7) is 6.45. The van der Waals surface area contributed by atoms with Gasteiger partial charge in [0, 0.05) is 6.54 Å². The Hall–Kier alpha value is -0.520. The minimum Gasteiger partial charge on any atom is -0.389 e. The largest absolute Gasteiger partial charge is 0.389 e. The molecule has 0 saturated heterocycles. The average Bonchev–Trinajstić information content (AvgIpc) is 2.12. The molecule has 0 aromatic carbocycles. The summed E-state index contributed by atoms with van der Waals surface area (Å²) >= 11 is 0. The van der Waals surface area contributed by atoms with Crippen molar-refractivity contribution < 1.29 is 5.11 Å². The van der Waals surface area contributed by atoms with E-state index in [9.17, 15) is 5.11 Å². The van der Waals surface area contributed by atoms with E-state index in [0.29, 0.717) is 6.54 Å². The van der Waals surface area contributed by atoms with E-state index in [1.165, 1.54) is 0 Å². The van der Waals surface area contributed by atoms with Crippen LogP contribution in [-0.2, 0) is 0 Å². The van der Waals surface area contributed by atoms with Crippen LogP contribution >= 0.6 is 0 Å². The van der Waals surface area contributed by atoms with E-state index in [-0.39, 0.29) is 6.04 Å². The van der Waals surface area contributed by atoms with Gasteiger partial charge in [-0.1, -0.05) is 26.2 Å². The third-order valence-corrected chi connectivity index (χ3v) is 2.27. The van der Waals surface area contributed by atoms with Gasteiger partial charge in [-0.2, -0.15) is 0 Å². The van der Waals surface area contributed by atoms with Crippen LogP contribution in [0.3, 0.4) is 0 Å². The molecule has 0 rings (SSSR count). The van der Waals surface area contributed by atoms with Crippen molar-refractivity contribution in [2.24, 2.45) is 0 Å². The molecule has 0 saturated carbocycles. The van der Waals surface area contributed by atoms with E-state index >= 15 is 0 Å². The van der Waals surface area contributed by atoms with Gasteiger partial charge in [0.2, 0.25) is 0 Å². The third kappa shape index (κ3) is 5.68. The lowest BCUT2D eigenvalue weighted by molar-refractivity contribution is 0.0542. The molecule has 0 bridgehead atoms. The van der Waals surface area contributed by atoms with Crippen LogP contribution in [0.5, 0.6) is 0 Å². The summed E-state index contributed by atoms with van der Waals surface area (Å²) in [7, 11) is 0. The number of aliphatic hydroxyl groups is 1. The quantitative estimate of drug-likeness (QED) is 0.612. The van der Waals surface area contributed by atoms with Gasteiger partial charge in [-0.3, -0.25) is 0 Å². The second-order valence-corrected chi connectivity index (χ2v) is 3.74. The van der Waals surface area contributed by atoms with Crippen molar-refractivity contribution in [1.29, 1.82) is 0 Å². The van der Waals surface area contributed by atoms with Gasteiger partial charge in [-0.25, -0.2) is 0 Å². The molecule has 0 spiro atoms. The fourth-order valence-electron chi connectivity index (χ4n) is 1.00. The molecule has 0 amide bonds. The first kappa shape index (κ1) is 12.5. The van der Waals surface area contributed by atoms with Crippen LogP contribution < -0.4 is 5.32 Å². The Kier molecular flexibility index (Phi) is 5.77. The lowest BCUT2D eigenvalue weighted by atomic mass is 10.0. The number of rotatable bonds is 6. The van der Waals surface area contributed by atoms with Crippen LogP contribution in [-0.4, -0.2) is 23.3 Å². The van der Waals surface area contributed by atoms with E-state index in [2.05, 4.69) is 18.2 Å². The molecule has 0 heterocycles. The predicted molar refractivity (Wildman–Crippen MR) is 56.4 cm³/mol. The number of hydrogen-bond acceptors (Lipinski definition) is 2. The molecule has 0 aliphatic carbocycles. The monoisotopic (exact) mass is 183 g/mol. The van der Waals surface area contributed by atoms with Gasteiger partial charge in [0.05, 0.1) is 11.6 Å². The molecule has 13 heavy (non-hydrogen) atoms. The van der Waals surface area contributed by atoms with Crippen molar-refractivity contribution in [3.05, 3.63) is 0 Å². The van der Waals surface area contributed by atoms with E-state index in [4.69, 9.17) is 6.42 Å². The summed E-state index contributed by atoms with van der Waals surface area (Å²) in [5.41, 5.74) is -0.636. The second kappa shape index (κ2) is 6.01. The summed E-state index contributed by atoms with van der Waals surface area (Å²) in [5.74, 6) is 2.68. The molecule has 2 nitrogen and oxygen atoms in total. The lowest BCUT2D eigenvalue weighted by Gasteiger charge is -2.23. The molecule has 0 aromatic rings. The van der Waals surface area contributed by atoms with E-state index in [0.717, 1.165) is 19.3 Å². The maximum absolute atomic E-state index is 9.70. The fraction of sp³-hybridized carbons (Fsp3) is 0.818. The molecule has 2 unspecified atom stereocenters. The number of nitrogens with one attached hydrogen (secondary N) is 1. The first-order chi connectivity index (χ1) is 6.05. The molecule has 2 N–H and O–H groups in total. The van der Waals surface area contributed by atoms with E-state index in [1.54, 1.807) is 0 Å². The first-order valence-electron chi connectivity index (χ1n) is 4.97. The highest BCUT2D eigenvalue weighted by atomic mass is 16.3. The Morgan fingerprint density at radius 3 is 2.54 bits per heavy atom. The molecule has 0 fully saturated rings. The van der Waals surface area contributed by atoms with Gasteiger partial charge in [-0.15, -0.1) is 6.42 Å². The third-order valence-electron chi connectivity index (χ3n) is 2.27. The van der Waals surface area contributed by atoms with E-state index in [1.807, 2.05) is 13.8 Å². The molecular formula is C11H21NO. The highest BCUT2D eigenvalue weighted by Gasteiger charge is 2.18. The second-order valence-electron chi connectivity index (χ2n) is 3.74. The molecule has 0 aromatic heterocycles. The van der Waals surface area contributed by atoms with Gasteiger partial charge < -0.3 is 10.4 Å². The maximum atomic E-state index is 9.70. The summed E-state index contributed by atoms with van der Waals surface area (Å²) in [6.07, 6.45) is 8.11. The van der Waals surface area contributed by atoms with Crippen molar-refractivity contribution in [3.63, 3.8) is 0 Å². The normalized spacial score (nSPS) is 17.5. The summed E-state index contributed by atoms with van der Waals surface area (Å²) < 4.78 is 0. The highest BCUT2D eigenvalue weighted by molar-refractivity contribution is 4.99. The molecule has 0 aliphatic rings. The number of terminal acetylenes is 1. The first-order valence-corrected chi connectivity index (χ1v) is 4.97. The van der Waals surface area contributed by atoms with Crippen LogP contribution in [0.25, 0.3) is 0 Å². The van der Waals surface area contributed by atoms with Gasteiger partial charge in [0.1, 0.15) is 0 Å². The smallest absolute Gasteiger partial charge is 0.0741 e. The Morgan fingerprint density at radius 2 is 2.15 bits per heavy atom. The zero-order valence-corrected chi connectivity index (χ0v) is 8.93. The fourth-order valence-corrected chi connectivity index (χ4v) is 1.00. The van der Waals surface area contributed by atoms with E-state index < -0.39 is 5.60 Å². The van der Waals surface area contributed by atoms with Gasteiger partial charge in [-0.05, 0) is 19.8 Å². The van der Waals surface area contributed by atoms with Crippen LogP contribution in [0, 0.1) is 12.3 Å². The Morgan fingerprint density at radius 1 is 1.54 bits per heavy atom. The Labute approximate surface area is 81.7 Å². The van der Waals surface area contributed by atoms with Gasteiger partial charge in [0.15, 0.2) is 0 Å². The standard InChI is InChI=1S/C11H21NO/c1-5-8-10(6-2)12-9-11(4,13)7-3/h2,10,12-13H,5,7-9H2,1,3-4H3. The molecule has 2 atom stereocenters. The zero-order chi connectivity index (χ0) is 10.3. The van der Waals surface area contributed by atoms with Crippen LogP contribution in [0.1, 0.15) is 40.0 Å².